The molecule has 0 spiro atoms. The lowest BCUT2D eigenvalue weighted by Gasteiger charge is -2.37. The molecule has 11 heteroatoms. The van der Waals surface area contributed by atoms with Gasteiger partial charge < -0.3 is 14.3 Å². The van der Waals surface area contributed by atoms with Crippen LogP contribution in [-0.4, -0.2) is 76.6 Å². The molecule has 10 nitrogen and oxygen atoms in total. The number of aromatic nitrogens is 2. The molecule has 2 aliphatic rings. The van der Waals surface area contributed by atoms with Crippen molar-refractivity contribution in [2.45, 2.75) is 18.8 Å². The fourth-order valence-corrected chi connectivity index (χ4v) is 4.92. The van der Waals surface area contributed by atoms with Gasteiger partial charge in [0.25, 0.3) is 5.69 Å². The van der Waals surface area contributed by atoms with Gasteiger partial charge in [-0.3, -0.25) is 19.8 Å². The van der Waals surface area contributed by atoms with Crippen LogP contribution in [0.4, 0.5) is 15.8 Å². The van der Waals surface area contributed by atoms with E-state index in [1.807, 2.05) is 9.80 Å². The zero-order chi connectivity index (χ0) is 25.1. The van der Waals surface area contributed by atoms with Gasteiger partial charge in [0.15, 0.2) is 0 Å². The van der Waals surface area contributed by atoms with Crippen LogP contribution >= 0.6 is 0 Å². The number of halogens is 1. The number of rotatable bonds is 6. The monoisotopic (exact) mass is 494 g/mol. The van der Waals surface area contributed by atoms with Crippen molar-refractivity contribution in [1.29, 1.82) is 0 Å². The van der Waals surface area contributed by atoms with Crippen molar-refractivity contribution in [2.75, 3.05) is 50.7 Å². The summed E-state index contributed by atoms with van der Waals surface area (Å²) in [5.74, 6) is 0.559. The molecule has 1 aromatic heterocycles. The molecule has 188 valence electrons. The number of hydrogen-bond acceptors (Lipinski definition) is 8. The average molecular weight is 495 g/mol. The molecule has 3 aromatic rings. The highest BCUT2D eigenvalue weighted by atomic mass is 19.1. The van der Waals surface area contributed by atoms with Crippen molar-refractivity contribution in [2.24, 2.45) is 0 Å². The van der Waals surface area contributed by atoms with Crippen LogP contribution in [0.2, 0.25) is 0 Å². The molecule has 2 fully saturated rings. The summed E-state index contributed by atoms with van der Waals surface area (Å²) in [7, 11) is 0. The zero-order valence-corrected chi connectivity index (χ0v) is 19.8. The van der Waals surface area contributed by atoms with E-state index >= 15 is 0 Å². The second kappa shape index (κ2) is 10.4. The van der Waals surface area contributed by atoms with Crippen molar-refractivity contribution in [3.05, 3.63) is 70.4 Å². The van der Waals surface area contributed by atoms with Crippen LogP contribution in [0.5, 0.6) is 0 Å². The molecule has 1 unspecified atom stereocenters. The van der Waals surface area contributed by atoms with Gasteiger partial charge >= 0.3 is 0 Å². The summed E-state index contributed by atoms with van der Waals surface area (Å²) in [6.07, 6.45) is 1.78. The van der Waals surface area contributed by atoms with E-state index in [-0.39, 0.29) is 28.3 Å². The van der Waals surface area contributed by atoms with Crippen LogP contribution in [0.3, 0.4) is 0 Å². The largest absolute Gasteiger partial charge is 0.362 e. The molecule has 0 radical (unpaired) electrons. The molecule has 0 N–H and O–H groups in total. The highest BCUT2D eigenvalue weighted by Crippen LogP contribution is 2.29. The standard InChI is InChI=1S/C25H27FN6O4/c26-20-7-3-5-18(15-20)24-27-25(36-28-24)19-6-4-10-29(16-19)17-23(33)31-13-11-30(12-14-31)21-8-1-2-9-22(21)32(34)35/h1-3,5,7-9,15,19H,4,6,10-14,16-17H2. The summed E-state index contributed by atoms with van der Waals surface area (Å²) in [5, 5.41) is 15.4. The Bertz CT molecular complexity index is 1240. The number of nitrogens with zero attached hydrogens (tertiary/aromatic N) is 6. The summed E-state index contributed by atoms with van der Waals surface area (Å²) in [5.41, 5.74) is 1.23. The third-order valence-corrected chi connectivity index (χ3v) is 6.79. The van der Waals surface area contributed by atoms with Gasteiger partial charge in [-0.05, 0) is 37.6 Å². The Labute approximate surface area is 207 Å². The van der Waals surface area contributed by atoms with Crippen LogP contribution in [0.25, 0.3) is 11.4 Å². The van der Waals surface area contributed by atoms with Crippen LogP contribution in [-0.2, 0) is 4.79 Å². The number of para-hydroxylation sites is 2. The lowest BCUT2D eigenvalue weighted by Crippen LogP contribution is -2.52. The maximum absolute atomic E-state index is 13.5. The molecule has 2 aromatic carbocycles. The van der Waals surface area contributed by atoms with Crippen LogP contribution < -0.4 is 4.90 Å². The molecule has 0 bridgehead atoms. The molecule has 2 saturated heterocycles. The second-order valence-electron chi connectivity index (χ2n) is 9.15. The number of anilines is 1. The van der Waals surface area contributed by atoms with Gasteiger partial charge in [0.2, 0.25) is 17.6 Å². The predicted octanol–water partition coefficient (Wildman–Crippen LogP) is 3.31. The summed E-state index contributed by atoms with van der Waals surface area (Å²) < 4.78 is 19.0. The number of piperidine rings is 1. The maximum Gasteiger partial charge on any atom is 0.292 e. The Morgan fingerprint density at radius 1 is 1.11 bits per heavy atom. The Hall–Kier alpha value is -3.86. The number of nitro benzene ring substituents is 1. The fourth-order valence-electron chi connectivity index (χ4n) is 4.92. The van der Waals surface area contributed by atoms with E-state index in [0.717, 1.165) is 19.4 Å². The van der Waals surface area contributed by atoms with E-state index in [0.29, 0.717) is 62.2 Å². The van der Waals surface area contributed by atoms with Crippen molar-refractivity contribution in [1.82, 2.24) is 19.9 Å². The minimum Gasteiger partial charge on any atom is -0.362 e. The molecule has 5 rings (SSSR count). The first kappa shape index (κ1) is 23.9. The molecule has 1 atom stereocenters. The number of nitro groups is 1. The zero-order valence-electron chi connectivity index (χ0n) is 19.8. The number of carbonyl (C=O) groups is 1. The van der Waals surface area contributed by atoms with Crippen LogP contribution in [0.1, 0.15) is 24.7 Å². The summed E-state index contributed by atoms with van der Waals surface area (Å²) in [6.45, 7) is 3.86. The summed E-state index contributed by atoms with van der Waals surface area (Å²) in [6, 6.07) is 12.8. The minimum atomic E-state index is -0.371. The summed E-state index contributed by atoms with van der Waals surface area (Å²) >= 11 is 0. The average Bonchev–Trinajstić information content (AvgIpc) is 3.40. The van der Waals surface area contributed by atoms with Gasteiger partial charge in [-0.1, -0.05) is 29.4 Å². The first-order chi connectivity index (χ1) is 17.5. The predicted molar refractivity (Wildman–Crippen MR) is 130 cm³/mol. The smallest absolute Gasteiger partial charge is 0.292 e. The van der Waals surface area contributed by atoms with E-state index in [1.165, 1.54) is 18.2 Å². The number of amides is 1. The minimum absolute atomic E-state index is 0.0110. The lowest BCUT2D eigenvalue weighted by molar-refractivity contribution is -0.384. The van der Waals surface area contributed by atoms with Crippen molar-refractivity contribution < 1.29 is 18.6 Å². The maximum atomic E-state index is 13.5. The molecule has 36 heavy (non-hydrogen) atoms. The number of hydrogen-bond donors (Lipinski definition) is 0. The number of carbonyl (C=O) groups excluding carboxylic acids is 1. The van der Waals surface area contributed by atoms with E-state index < -0.39 is 0 Å². The van der Waals surface area contributed by atoms with E-state index in [1.54, 1.807) is 30.3 Å². The third-order valence-electron chi connectivity index (χ3n) is 6.79. The summed E-state index contributed by atoms with van der Waals surface area (Å²) in [4.78, 5) is 34.4. The van der Waals surface area contributed by atoms with Crippen molar-refractivity contribution >= 4 is 17.3 Å². The van der Waals surface area contributed by atoms with Gasteiger partial charge in [0.05, 0.1) is 17.4 Å². The number of likely N-dealkylation sites (tertiary alicyclic amines) is 1. The quantitative estimate of drug-likeness (QED) is 0.379. The van der Waals surface area contributed by atoms with Gasteiger partial charge in [-0.15, -0.1) is 0 Å². The third kappa shape index (κ3) is 5.20. The van der Waals surface area contributed by atoms with Gasteiger partial charge in [0, 0.05) is 44.4 Å². The molecule has 2 aliphatic heterocycles. The topological polar surface area (TPSA) is 109 Å². The van der Waals surface area contributed by atoms with Gasteiger partial charge in [-0.25, -0.2) is 4.39 Å². The Kier molecular flexibility index (Phi) is 6.90. The molecule has 0 aliphatic carbocycles. The normalized spacial score (nSPS) is 18.9. The molecular weight excluding hydrogens is 467 g/mol. The Morgan fingerprint density at radius 3 is 2.69 bits per heavy atom. The number of piperazine rings is 1. The SMILES string of the molecule is O=C(CN1CCCC(c2nc(-c3cccc(F)c3)no2)C1)N1CCN(c2ccccc2[N+](=O)[O-])CC1. The van der Waals surface area contributed by atoms with Crippen LogP contribution in [0.15, 0.2) is 53.1 Å². The highest BCUT2D eigenvalue weighted by Gasteiger charge is 2.30. The highest BCUT2D eigenvalue weighted by molar-refractivity contribution is 5.78. The molecule has 1 amide bonds. The second-order valence-corrected chi connectivity index (χ2v) is 9.15. The lowest BCUT2D eigenvalue weighted by atomic mass is 9.98. The van der Waals surface area contributed by atoms with E-state index in [9.17, 15) is 19.3 Å². The molecular formula is C25H27FN6O4. The van der Waals surface area contributed by atoms with E-state index in [2.05, 4.69) is 15.0 Å². The first-order valence-corrected chi connectivity index (χ1v) is 12.1. The van der Waals surface area contributed by atoms with Crippen LogP contribution in [0, 0.1) is 15.9 Å². The van der Waals surface area contributed by atoms with Crippen molar-refractivity contribution in [3.63, 3.8) is 0 Å². The Balaban J connectivity index is 1.16. The van der Waals surface area contributed by atoms with Gasteiger partial charge in [0.1, 0.15) is 11.5 Å². The van der Waals surface area contributed by atoms with E-state index in [4.69, 9.17) is 4.52 Å². The molecule has 0 saturated carbocycles. The van der Waals surface area contributed by atoms with Gasteiger partial charge in [-0.2, -0.15) is 4.98 Å². The Morgan fingerprint density at radius 2 is 1.92 bits per heavy atom. The molecule has 3 heterocycles. The number of benzene rings is 2. The first-order valence-electron chi connectivity index (χ1n) is 12.1. The van der Waals surface area contributed by atoms with Crippen molar-refractivity contribution in [3.8, 4) is 11.4 Å². The fraction of sp³-hybridized carbons (Fsp3) is 0.400.